The summed E-state index contributed by atoms with van der Waals surface area (Å²) in [6.07, 6.45) is 3.14. The molecule has 0 amide bonds. The second kappa shape index (κ2) is 5.23. The van der Waals surface area contributed by atoms with Crippen molar-refractivity contribution in [2.75, 3.05) is 6.61 Å². The molecule has 0 radical (unpaired) electrons. The van der Waals surface area contributed by atoms with Crippen LogP contribution in [0.25, 0.3) is 16.5 Å². The topological polar surface area (TPSA) is 46.5 Å². The van der Waals surface area contributed by atoms with Gasteiger partial charge in [-0.05, 0) is 29.0 Å². The monoisotopic (exact) mass is 286 g/mol. The molecule has 0 aliphatic carbocycles. The van der Waals surface area contributed by atoms with Crippen molar-refractivity contribution < 1.29 is 14.1 Å². The lowest BCUT2D eigenvalue weighted by Gasteiger charge is -2.21. The zero-order chi connectivity index (χ0) is 14.1. The number of ether oxygens (including phenoxy) is 1. The summed E-state index contributed by atoms with van der Waals surface area (Å²) in [5.41, 5.74) is -0.266. The maximum absolute atomic E-state index is 12.2. The molecule has 2 unspecified atom stereocenters. The zero-order valence-corrected chi connectivity index (χ0v) is 11.6. The van der Waals surface area contributed by atoms with E-state index in [-0.39, 0.29) is 0 Å². The molecule has 0 saturated carbocycles. The van der Waals surface area contributed by atoms with E-state index in [1.807, 2.05) is 36.4 Å². The predicted octanol–water partition coefficient (Wildman–Crippen LogP) is 2.82. The van der Waals surface area contributed by atoms with Crippen LogP contribution in [-0.2, 0) is 15.5 Å². The summed E-state index contributed by atoms with van der Waals surface area (Å²) in [4.78, 5) is 0.609. The van der Waals surface area contributed by atoms with E-state index in [4.69, 9.17) is 4.74 Å². The third-order valence-electron chi connectivity index (χ3n) is 3.20. The molecule has 3 nitrogen and oxygen atoms in total. The largest absolute Gasteiger partial charge is 0.489 e. The Morgan fingerprint density at radius 3 is 2.70 bits per heavy atom. The minimum Gasteiger partial charge on any atom is -0.489 e. The van der Waals surface area contributed by atoms with E-state index in [0.717, 1.165) is 16.3 Å². The molecule has 102 valence electrons. The molecule has 2 aromatic rings. The van der Waals surface area contributed by atoms with Gasteiger partial charge in [-0.15, -0.1) is 0 Å². The van der Waals surface area contributed by atoms with Crippen molar-refractivity contribution in [2.45, 2.75) is 10.3 Å². The van der Waals surface area contributed by atoms with E-state index in [2.05, 4.69) is 6.58 Å². The first-order valence-electron chi connectivity index (χ1n) is 6.28. The molecule has 1 aliphatic heterocycles. The number of hydrogen-bond donors (Lipinski definition) is 1. The lowest BCUT2D eigenvalue weighted by atomic mass is 10.1. The third-order valence-corrected chi connectivity index (χ3v) is 4.55. The second-order valence-electron chi connectivity index (χ2n) is 4.51. The van der Waals surface area contributed by atoms with Crippen molar-refractivity contribution in [3.8, 4) is 0 Å². The summed E-state index contributed by atoms with van der Waals surface area (Å²) in [6.45, 7) is 3.95. The van der Waals surface area contributed by atoms with Crippen LogP contribution >= 0.6 is 0 Å². The number of fused-ring (bicyclic) bond motifs is 2. The highest BCUT2D eigenvalue weighted by atomic mass is 32.2. The number of rotatable bonds is 3. The van der Waals surface area contributed by atoms with Crippen LogP contribution in [0.2, 0.25) is 0 Å². The van der Waals surface area contributed by atoms with Crippen LogP contribution in [-0.4, -0.2) is 21.4 Å². The summed E-state index contributed by atoms with van der Waals surface area (Å²) in [7, 11) is -1.47. The molecular weight excluding hydrogens is 272 g/mol. The molecule has 0 spiro atoms. The van der Waals surface area contributed by atoms with Gasteiger partial charge in [0.2, 0.25) is 0 Å². The molecule has 1 heterocycles. The molecule has 1 aliphatic rings. The van der Waals surface area contributed by atoms with Crippen LogP contribution in [0.1, 0.15) is 5.56 Å². The summed E-state index contributed by atoms with van der Waals surface area (Å²) in [5.74, 6) is 0.553. The molecule has 0 aromatic heterocycles. The Bertz CT molecular complexity index is 734. The highest BCUT2D eigenvalue weighted by Gasteiger charge is 2.26. The van der Waals surface area contributed by atoms with E-state index >= 15 is 0 Å². The first kappa shape index (κ1) is 13.1. The fourth-order valence-electron chi connectivity index (χ4n) is 2.26. The Morgan fingerprint density at radius 2 is 2.00 bits per heavy atom. The standard InChI is InChI=1S/C16H14O3S/c1-2-7-19-14-10-16(17)20(18)15-9-12-6-4-3-5-11(12)8-13(14)15/h2-6,8-10,16-17H,1,7H2. The summed E-state index contributed by atoms with van der Waals surface area (Å²) >= 11 is 0. The highest BCUT2D eigenvalue weighted by molar-refractivity contribution is 7.85. The maximum atomic E-state index is 12.2. The first-order valence-corrected chi connectivity index (χ1v) is 7.49. The van der Waals surface area contributed by atoms with Crippen molar-refractivity contribution in [1.82, 2.24) is 0 Å². The normalized spacial score (nSPS) is 21.1. The van der Waals surface area contributed by atoms with Gasteiger partial charge in [0.1, 0.15) is 12.4 Å². The van der Waals surface area contributed by atoms with E-state index < -0.39 is 16.2 Å². The quantitative estimate of drug-likeness (QED) is 0.883. The van der Waals surface area contributed by atoms with Gasteiger partial charge in [0.25, 0.3) is 0 Å². The van der Waals surface area contributed by atoms with Gasteiger partial charge in [-0.1, -0.05) is 36.9 Å². The Morgan fingerprint density at radius 1 is 1.30 bits per heavy atom. The minimum absolute atomic E-state index is 0.345. The average molecular weight is 286 g/mol. The van der Waals surface area contributed by atoms with E-state index in [9.17, 15) is 9.32 Å². The number of aliphatic hydroxyl groups is 1. The van der Waals surface area contributed by atoms with Gasteiger partial charge in [0.05, 0.1) is 15.7 Å². The minimum atomic E-state index is -1.47. The van der Waals surface area contributed by atoms with Gasteiger partial charge in [0, 0.05) is 5.56 Å². The molecule has 0 bridgehead atoms. The van der Waals surface area contributed by atoms with Crippen LogP contribution in [0.15, 0.2) is 60.0 Å². The summed E-state index contributed by atoms with van der Waals surface area (Å²) in [6, 6.07) is 11.6. The van der Waals surface area contributed by atoms with Gasteiger partial charge in [-0.3, -0.25) is 4.21 Å². The van der Waals surface area contributed by atoms with Gasteiger partial charge < -0.3 is 9.84 Å². The van der Waals surface area contributed by atoms with Crippen molar-refractivity contribution in [2.24, 2.45) is 0 Å². The average Bonchev–Trinajstić information content (AvgIpc) is 2.48. The highest BCUT2D eigenvalue weighted by Crippen LogP contribution is 2.33. The van der Waals surface area contributed by atoms with Gasteiger partial charge >= 0.3 is 0 Å². The maximum Gasteiger partial charge on any atom is 0.155 e. The first-order chi connectivity index (χ1) is 9.70. The Kier molecular flexibility index (Phi) is 3.42. The van der Waals surface area contributed by atoms with Crippen LogP contribution in [0.3, 0.4) is 0 Å². The molecule has 2 atom stereocenters. The molecule has 20 heavy (non-hydrogen) atoms. The number of aliphatic hydroxyl groups excluding tert-OH is 1. The summed E-state index contributed by atoms with van der Waals surface area (Å²) < 4.78 is 17.8. The van der Waals surface area contributed by atoms with Crippen LogP contribution in [0.5, 0.6) is 0 Å². The predicted molar refractivity (Wildman–Crippen MR) is 80.5 cm³/mol. The van der Waals surface area contributed by atoms with Crippen LogP contribution < -0.4 is 0 Å². The SMILES string of the molecule is C=CCOC1=CC(O)S(=O)c2cc3ccccc3cc21. The van der Waals surface area contributed by atoms with E-state index in [1.165, 1.54) is 6.08 Å². The van der Waals surface area contributed by atoms with Gasteiger partial charge in [-0.25, -0.2) is 0 Å². The Labute approximate surface area is 119 Å². The van der Waals surface area contributed by atoms with Crippen molar-refractivity contribution in [3.05, 3.63) is 60.7 Å². The van der Waals surface area contributed by atoms with E-state index in [1.54, 1.807) is 6.08 Å². The third kappa shape index (κ3) is 2.17. The lowest BCUT2D eigenvalue weighted by Crippen LogP contribution is -2.19. The zero-order valence-electron chi connectivity index (χ0n) is 10.8. The smallest absolute Gasteiger partial charge is 0.155 e. The fourth-order valence-corrected chi connectivity index (χ4v) is 3.39. The van der Waals surface area contributed by atoms with Gasteiger partial charge in [0.15, 0.2) is 5.44 Å². The molecule has 3 rings (SSSR count). The van der Waals surface area contributed by atoms with Crippen molar-refractivity contribution in [3.63, 3.8) is 0 Å². The number of benzene rings is 2. The summed E-state index contributed by atoms with van der Waals surface area (Å²) in [5, 5.41) is 11.9. The molecule has 1 N–H and O–H groups in total. The van der Waals surface area contributed by atoms with Crippen LogP contribution in [0.4, 0.5) is 0 Å². The molecule has 0 saturated heterocycles. The van der Waals surface area contributed by atoms with Crippen LogP contribution in [0, 0.1) is 0 Å². The Balaban J connectivity index is 2.19. The Hall–Kier alpha value is -1.91. The van der Waals surface area contributed by atoms with E-state index in [0.29, 0.717) is 17.3 Å². The second-order valence-corrected chi connectivity index (χ2v) is 6.03. The molecule has 0 fully saturated rings. The molecule has 2 aromatic carbocycles. The lowest BCUT2D eigenvalue weighted by molar-refractivity contribution is 0.283. The molecular formula is C16H14O3S. The fraction of sp³-hybridized carbons (Fsp3) is 0.125. The number of hydrogen-bond acceptors (Lipinski definition) is 3. The molecule has 4 heteroatoms. The van der Waals surface area contributed by atoms with Crippen molar-refractivity contribution in [1.29, 1.82) is 0 Å². The van der Waals surface area contributed by atoms with Gasteiger partial charge in [-0.2, -0.15) is 0 Å². The van der Waals surface area contributed by atoms with Crippen molar-refractivity contribution >= 4 is 27.3 Å².